The van der Waals surface area contributed by atoms with Crippen LogP contribution in [0.25, 0.3) is 0 Å². The molecule has 3 nitrogen and oxygen atoms in total. The summed E-state index contributed by atoms with van der Waals surface area (Å²) in [6.45, 7) is 3.00. The normalized spacial score (nSPS) is 20.0. The molecule has 0 radical (unpaired) electrons. The minimum atomic E-state index is 0.422. The van der Waals surface area contributed by atoms with Gasteiger partial charge in [0.1, 0.15) is 0 Å². The first-order valence-electron chi connectivity index (χ1n) is 5.57. The maximum atomic E-state index is 5.93. The Morgan fingerprint density at radius 1 is 1.44 bits per heavy atom. The van der Waals surface area contributed by atoms with Gasteiger partial charge in [0, 0.05) is 10.2 Å². The molecule has 1 atom stereocenters. The molecule has 1 aliphatic heterocycles. The number of halogens is 1. The monoisotopic (exact) mass is 281 g/mol. The predicted molar refractivity (Wildman–Crippen MR) is 71.8 cm³/mol. The first-order valence-corrected chi connectivity index (χ1v) is 6.36. The molecule has 2 rings (SSSR count). The van der Waals surface area contributed by atoms with Crippen LogP contribution in [-0.4, -0.2) is 18.5 Å². The van der Waals surface area contributed by atoms with E-state index in [0.29, 0.717) is 12.0 Å². The summed E-state index contributed by atoms with van der Waals surface area (Å²) in [5.41, 5.74) is 7.06. The highest BCUT2D eigenvalue weighted by molar-refractivity contribution is 9.10. The molecule has 1 aromatic rings. The van der Waals surface area contributed by atoms with Gasteiger partial charge in [0.15, 0.2) is 5.96 Å². The number of hydrogen-bond acceptors (Lipinski definition) is 3. The van der Waals surface area contributed by atoms with Gasteiger partial charge in [-0.3, -0.25) is 4.99 Å². The van der Waals surface area contributed by atoms with Crippen LogP contribution in [0.1, 0.15) is 19.8 Å². The predicted octanol–water partition coefficient (Wildman–Crippen LogP) is 2.75. The van der Waals surface area contributed by atoms with Gasteiger partial charge >= 0.3 is 0 Å². The average molecular weight is 282 g/mol. The lowest BCUT2D eigenvalue weighted by Gasteiger charge is -2.26. The van der Waals surface area contributed by atoms with Gasteiger partial charge in [-0.25, -0.2) is 0 Å². The Bertz CT molecular complexity index is 386. The highest BCUT2D eigenvalue weighted by atomic mass is 79.9. The Hall–Kier alpha value is -1.03. The molecule has 4 heteroatoms. The molecule has 0 fully saturated rings. The molecule has 0 aliphatic carbocycles. The Balaban J connectivity index is 2.23. The lowest BCUT2D eigenvalue weighted by Crippen LogP contribution is -2.40. The van der Waals surface area contributed by atoms with Crippen LogP contribution in [0.5, 0.6) is 0 Å². The van der Waals surface area contributed by atoms with Gasteiger partial charge in [0.05, 0.1) is 12.6 Å². The minimum Gasteiger partial charge on any atom is -0.370 e. The molecule has 86 valence electrons. The molecule has 1 aromatic carbocycles. The van der Waals surface area contributed by atoms with Crippen LogP contribution < -0.4 is 10.6 Å². The SMILES string of the molecule is CCCC1CN=C(N)N1c1ccc(Br)cc1. The fourth-order valence-corrected chi connectivity index (χ4v) is 2.31. The van der Waals surface area contributed by atoms with Gasteiger partial charge in [-0.15, -0.1) is 0 Å². The van der Waals surface area contributed by atoms with E-state index in [4.69, 9.17) is 5.73 Å². The van der Waals surface area contributed by atoms with Crippen molar-refractivity contribution in [2.24, 2.45) is 10.7 Å². The summed E-state index contributed by atoms with van der Waals surface area (Å²) in [5, 5.41) is 0. The first kappa shape index (κ1) is 11.5. The van der Waals surface area contributed by atoms with Gasteiger partial charge in [-0.2, -0.15) is 0 Å². The number of nitrogens with zero attached hydrogens (tertiary/aromatic N) is 2. The Morgan fingerprint density at radius 3 is 2.75 bits per heavy atom. The van der Waals surface area contributed by atoms with Gasteiger partial charge < -0.3 is 10.6 Å². The maximum Gasteiger partial charge on any atom is 0.196 e. The number of anilines is 1. The van der Waals surface area contributed by atoms with E-state index in [1.165, 1.54) is 0 Å². The zero-order valence-electron chi connectivity index (χ0n) is 9.36. The second kappa shape index (κ2) is 4.87. The Labute approximate surface area is 104 Å². The van der Waals surface area contributed by atoms with Crippen LogP contribution >= 0.6 is 15.9 Å². The summed E-state index contributed by atoms with van der Waals surface area (Å²) in [7, 11) is 0. The van der Waals surface area contributed by atoms with Crippen LogP contribution in [0.3, 0.4) is 0 Å². The standard InChI is InChI=1S/C12H16BrN3/c1-2-3-11-8-15-12(14)16(11)10-6-4-9(13)5-7-10/h4-7,11H,2-3,8H2,1H3,(H2,14,15). The van der Waals surface area contributed by atoms with Crippen molar-refractivity contribution in [3.05, 3.63) is 28.7 Å². The highest BCUT2D eigenvalue weighted by Gasteiger charge is 2.26. The number of hydrogen-bond donors (Lipinski definition) is 1. The topological polar surface area (TPSA) is 41.6 Å². The largest absolute Gasteiger partial charge is 0.370 e. The molecule has 0 saturated heterocycles. The zero-order chi connectivity index (χ0) is 11.5. The second-order valence-corrected chi connectivity index (χ2v) is 4.90. The van der Waals surface area contributed by atoms with E-state index in [1.807, 2.05) is 12.1 Å². The summed E-state index contributed by atoms with van der Waals surface area (Å²) in [6.07, 6.45) is 2.28. The number of rotatable bonds is 3. The van der Waals surface area contributed by atoms with Crippen molar-refractivity contribution in [1.82, 2.24) is 0 Å². The van der Waals surface area contributed by atoms with Crippen molar-refractivity contribution in [3.63, 3.8) is 0 Å². The highest BCUT2D eigenvalue weighted by Crippen LogP contribution is 2.24. The van der Waals surface area contributed by atoms with Gasteiger partial charge in [-0.1, -0.05) is 29.3 Å². The van der Waals surface area contributed by atoms with Crippen LogP contribution in [0.15, 0.2) is 33.7 Å². The Morgan fingerprint density at radius 2 is 2.12 bits per heavy atom. The van der Waals surface area contributed by atoms with Crippen molar-refractivity contribution >= 4 is 27.6 Å². The molecule has 16 heavy (non-hydrogen) atoms. The zero-order valence-corrected chi connectivity index (χ0v) is 10.9. The lowest BCUT2D eigenvalue weighted by molar-refractivity contribution is 0.632. The molecule has 2 N–H and O–H groups in total. The van der Waals surface area contributed by atoms with Crippen LogP contribution in [0.4, 0.5) is 5.69 Å². The van der Waals surface area contributed by atoms with Crippen LogP contribution in [0.2, 0.25) is 0 Å². The molecule has 0 spiro atoms. The lowest BCUT2D eigenvalue weighted by atomic mass is 10.1. The molecule has 1 heterocycles. The van der Waals surface area contributed by atoms with Crippen molar-refractivity contribution < 1.29 is 0 Å². The van der Waals surface area contributed by atoms with Crippen LogP contribution in [0, 0.1) is 0 Å². The van der Waals surface area contributed by atoms with E-state index in [9.17, 15) is 0 Å². The van der Waals surface area contributed by atoms with Crippen molar-refractivity contribution in [2.45, 2.75) is 25.8 Å². The quantitative estimate of drug-likeness (QED) is 0.926. The van der Waals surface area contributed by atoms with Crippen molar-refractivity contribution in [1.29, 1.82) is 0 Å². The first-order chi connectivity index (χ1) is 7.72. The van der Waals surface area contributed by atoms with E-state index in [1.54, 1.807) is 0 Å². The van der Waals surface area contributed by atoms with E-state index in [2.05, 4.69) is 44.9 Å². The minimum absolute atomic E-state index is 0.422. The van der Waals surface area contributed by atoms with Crippen LogP contribution in [-0.2, 0) is 0 Å². The molecular formula is C12H16BrN3. The van der Waals surface area contributed by atoms with E-state index in [0.717, 1.165) is 29.5 Å². The van der Waals surface area contributed by atoms with Gasteiger partial charge in [-0.05, 0) is 30.7 Å². The molecule has 0 aromatic heterocycles. The summed E-state index contributed by atoms with van der Waals surface area (Å²) in [4.78, 5) is 6.46. The van der Waals surface area contributed by atoms with E-state index >= 15 is 0 Å². The number of aliphatic imine (C=N–C) groups is 1. The van der Waals surface area contributed by atoms with E-state index < -0.39 is 0 Å². The third-order valence-electron chi connectivity index (χ3n) is 2.80. The average Bonchev–Trinajstić information content (AvgIpc) is 2.62. The molecule has 0 bridgehead atoms. The second-order valence-electron chi connectivity index (χ2n) is 3.99. The maximum absolute atomic E-state index is 5.93. The van der Waals surface area contributed by atoms with Crippen molar-refractivity contribution in [3.8, 4) is 0 Å². The van der Waals surface area contributed by atoms with E-state index in [-0.39, 0.29) is 0 Å². The number of benzene rings is 1. The molecule has 1 unspecified atom stereocenters. The third kappa shape index (κ3) is 2.21. The number of nitrogens with two attached hydrogens (primary N) is 1. The number of guanidine groups is 1. The molecule has 0 saturated carbocycles. The molecule has 1 aliphatic rings. The molecular weight excluding hydrogens is 266 g/mol. The Kier molecular flexibility index (Phi) is 3.49. The fourth-order valence-electron chi connectivity index (χ4n) is 2.04. The van der Waals surface area contributed by atoms with Crippen molar-refractivity contribution in [2.75, 3.05) is 11.4 Å². The third-order valence-corrected chi connectivity index (χ3v) is 3.33. The smallest absolute Gasteiger partial charge is 0.196 e. The summed E-state index contributed by atoms with van der Waals surface area (Å²) >= 11 is 3.43. The summed E-state index contributed by atoms with van der Waals surface area (Å²) in [5.74, 6) is 0.640. The summed E-state index contributed by atoms with van der Waals surface area (Å²) in [6, 6.07) is 8.63. The fraction of sp³-hybridized carbons (Fsp3) is 0.417. The van der Waals surface area contributed by atoms with Gasteiger partial charge in [0.2, 0.25) is 0 Å². The summed E-state index contributed by atoms with van der Waals surface area (Å²) < 4.78 is 1.08. The van der Waals surface area contributed by atoms with Gasteiger partial charge in [0.25, 0.3) is 0 Å². The molecule has 0 amide bonds.